The average Bonchev–Trinajstić information content (AvgIpc) is 3.64. The lowest BCUT2D eigenvalue weighted by molar-refractivity contribution is 0.669. The summed E-state index contributed by atoms with van der Waals surface area (Å²) in [6.07, 6.45) is 0. The number of hydrogen-bond acceptors (Lipinski definition) is 2. The van der Waals surface area contributed by atoms with Crippen LogP contribution in [0.3, 0.4) is 0 Å². The van der Waals surface area contributed by atoms with Crippen LogP contribution >= 0.6 is 0 Å². The number of benzene rings is 7. The Hall–Kier alpha value is -6.06. The summed E-state index contributed by atoms with van der Waals surface area (Å²) in [5.41, 5.74) is 11.0. The molecule has 3 nitrogen and oxygen atoms in total. The standard InChI is InChI=1S/C42H28N2O/c1-3-11-29(12-4-1)30-19-21-32(22-20-30)43(31-13-5-2-6-14-31)33-23-25-34(26-24-33)44-39-17-9-7-15-35(39)37-28-42-38(27-40(37)44)36-16-8-10-18-41(36)45-42/h1-28H. The van der Waals surface area contributed by atoms with E-state index in [-0.39, 0.29) is 0 Å². The molecule has 0 aliphatic heterocycles. The van der Waals surface area contributed by atoms with Crippen molar-refractivity contribution in [2.24, 2.45) is 0 Å². The highest BCUT2D eigenvalue weighted by Gasteiger charge is 2.17. The molecule has 45 heavy (non-hydrogen) atoms. The van der Waals surface area contributed by atoms with Crippen molar-refractivity contribution in [3.8, 4) is 16.8 Å². The summed E-state index contributed by atoms with van der Waals surface area (Å²) in [6.45, 7) is 0. The van der Waals surface area contributed by atoms with Crippen molar-refractivity contribution in [1.82, 2.24) is 4.57 Å². The van der Waals surface area contributed by atoms with E-state index >= 15 is 0 Å². The van der Waals surface area contributed by atoms with Crippen LogP contribution in [0.2, 0.25) is 0 Å². The fourth-order valence-corrected chi connectivity index (χ4v) is 6.67. The maximum absolute atomic E-state index is 6.27. The second kappa shape index (κ2) is 10.3. The molecule has 0 spiro atoms. The fraction of sp³-hybridized carbons (Fsp3) is 0. The number of hydrogen-bond donors (Lipinski definition) is 0. The molecule has 0 aliphatic carbocycles. The van der Waals surface area contributed by atoms with E-state index < -0.39 is 0 Å². The molecule has 0 radical (unpaired) electrons. The molecule has 2 aromatic heterocycles. The third-order valence-corrected chi connectivity index (χ3v) is 8.78. The van der Waals surface area contributed by atoms with Crippen molar-refractivity contribution in [2.45, 2.75) is 0 Å². The largest absolute Gasteiger partial charge is 0.456 e. The first kappa shape index (κ1) is 25.4. The third kappa shape index (κ3) is 4.21. The summed E-state index contributed by atoms with van der Waals surface area (Å²) >= 11 is 0. The van der Waals surface area contributed by atoms with Crippen LogP contribution in [0.4, 0.5) is 17.1 Å². The lowest BCUT2D eigenvalue weighted by Gasteiger charge is -2.26. The first-order chi connectivity index (χ1) is 22.3. The molecule has 9 aromatic rings. The highest BCUT2D eigenvalue weighted by Crippen LogP contribution is 2.40. The molecule has 9 rings (SSSR count). The maximum atomic E-state index is 6.27. The van der Waals surface area contributed by atoms with Gasteiger partial charge in [0.05, 0.1) is 11.0 Å². The lowest BCUT2D eigenvalue weighted by Crippen LogP contribution is -2.10. The molecule has 7 aromatic carbocycles. The van der Waals surface area contributed by atoms with Crippen LogP contribution in [0.25, 0.3) is 60.6 Å². The molecule has 0 saturated heterocycles. The Kier molecular flexibility index (Phi) is 5.82. The smallest absolute Gasteiger partial charge is 0.136 e. The number of anilines is 3. The Labute approximate surface area is 260 Å². The molecule has 2 heterocycles. The van der Waals surface area contributed by atoms with Crippen LogP contribution in [0.5, 0.6) is 0 Å². The average molecular weight is 577 g/mol. The van der Waals surface area contributed by atoms with E-state index in [2.05, 4.69) is 167 Å². The molecule has 0 unspecified atom stereocenters. The van der Waals surface area contributed by atoms with E-state index in [4.69, 9.17) is 4.42 Å². The van der Waals surface area contributed by atoms with Crippen LogP contribution in [0.15, 0.2) is 174 Å². The van der Waals surface area contributed by atoms with Gasteiger partial charge in [-0.15, -0.1) is 0 Å². The Bertz CT molecular complexity index is 2450. The minimum atomic E-state index is 0.915. The number of nitrogens with zero attached hydrogens (tertiary/aromatic N) is 2. The molecule has 212 valence electrons. The Morgan fingerprint density at radius 2 is 0.956 bits per heavy atom. The van der Waals surface area contributed by atoms with Crippen molar-refractivity contribution < 1.29 is 4.42 Å². The molecule has 0 aliphatic rings. The third-order valence-electron chi connectivity index (χ3n) is 8.78. The monoisotopic (exact) mass is 576 g/mol. The Morgan fingerprint density at radius 1 is 0.378 bits per heavy atom. The highest BCUT2D eigenvalue weighted by atomic mass is 16.3. The zero-order valence-corrected chi connectivity index (χ0v) is 24.5. The van der Waals surface area contributed by atoms with Gasteiger partial charge in [-0.3, -0.25) is 0 Å². The quantitative estimate of drug-likeness (QED) is 0.203. The van der Waals surface area contributed by atoms with E-state index in [0.29, 0.717) is 0 Å². The van der Waals surface area contributed by atoms with Crippen LogP contribution < -0.4 is 4.90 Å². The van der Waals surface area contributed by atoms with Gasteiger partial charge >= 0.3 is 0 Å². The summed E-state index contributed by atoms with van der Waals surface area (Å²) in [5, 5.41) is 4.67. The minimum absolute atomic E-state index is 0.915. The summed E-state index contributed by atoms with van der Waals surface area (Å²) < 4.78 is 8.64. The van der Waals surface area contributed by atoms with Crippen LogP contribution in [-0.4, -0.2) is 4.57 Å². The number of furan rings is 1. The number of fused-ring (bicyclic) bond motifs is 6. The molecule has 0 bridgehead atoms. The van der Waals surface area contributed by atoms with Crippen LogP contribution in [-0.2, 0) is 0 Å². The van der Waals surface area contributed by atoms with Crippen molar-refractivity contribution in [2.75, 3.05) is 4.90 Å². The van der Waals surface area contributed by atoms with Crippen LogP contribution in [0, 0.1) is 0 Å². The maximum Gasteiger partial charge on any atom is 0.136 e. The molecule has 3 heteroatoms. The van der Waals surface area contributed by atoms with Gasteiger partial charge in [-0.2, -0.15) is 0 Å². The molecular weight excluding hydrogens is 548 g/mol. The van der Waals surface area contributed by atoms with Crippen LogP contribution in [0.1, 0.15) is 0 Å². The van der Waals surface area contributed by atoms with Crippen molar-refractivity contribution >= 4 is 60.8 Å². The second-order valence-corrected chi connectivity index (χ2v) is 11.4. The zero-order valence-electron chi connectivity index (χ0n) is 24.5. The van der Waals surface area contributed by atoms with Gasteiger partial charge in [-0.25, -0.2) is 0 Å². The molecule has 0 fully saturated rings. The van der Waals surface area contributed by atoms with Gasteiger partial charge in [0.2, 0.25) is 0 Å². The Balaban J connectivity index is 1.18. The van der Waals surface area contributed by atoms with E-state index in [9.17, 15) is 0 Å². The molecular formula is C42H28N2O. The van der Waals surface area contributed by atoms with E-state index in [1.165, 1.54) is 32.9 Å². The summed E-state index contributed by atoms with van der Waals surface area (Å²) in [7, 11) is 0. The summed E-state index contributed by atoms with van der Waals surface area (Å²) in [6, 6.07) is 60.2. The molecule has 0 N–H and O–H groups in total. The van der Waals surface area contributed by atoms with Gasteiger partial charge in [0.1, 0.15) is 11.2 Å². The number of aromatic nitrogens is 1. The predicted molar refractivity (Wildman–Crippen MR) is 188 cm³/mol. The predicted octanol–water partition coefficient (Wildman–Crippen LogP) is 11.8. The molecule has 0 amide bonds. The second-order valence-electron chi connectivity index (χ2n) is 11.4. The van der Waals surface area contributed by atoms with Gasteiger partial charge < -0.3 is 13.9 Å². The lowest BCUT2D eigenvalue weighted by atomic mass is 10.0. The molecule has 0 atom stereocenters. The first-order valence-corrected chi connectivity index (χ1v) is 15.3. The number of rotatable bonds is 5. The highest BCUT2D eigenvalue weighted by molar-refractivity contribution is 6.17. The fourth-order valence-electron chi connectivity index (χ4n) is 6.67. The summed E-state index contributed by atoms with van der Waals surface area (Å²) in [5.74, 6) is 0. The normalized spacial score (nSPS) is 11.6. The van der Waals surface area contributed by atoms with Gasteiger partial charge in [0.15, 0.2) is 0 Å². The van der Waals surface area contributed by atoms with Crippen molar-refractivity contribution in [1.29, 1.82) is 0 Å². The van der Waals surface area contributed by atoms with E-state index in [1.54, 1.807) is 0 Å². The van der Waals surface area contributed by atoms with E-state index in [1.807, 2.05) is 12.1 Å². The SMILES string of the molecule is c1ccc(-c2ccc(N(c3ccccc3)c3ccc(-n4c5ccccc5c5cc6oc7ccccc7c6cc54)cc3)cc2)cc1. The first-order valence-electron chi connectivity index (χ1n) is 15.3. The number of para-hydroxylation sites is 3. The minimum Gasteiger partial charge on any atom is -0.456 e. The Morgan fingerprint density at radius 3 is 1.71 bits per heavy atom. The molecule has 0 saturated carbocycles. The van der Waals surface area contributed by atoms with Gasteiger partial charge in [-0.1, -0.05) is 97.1 Å². The van der Waals surface area contributed by atoms with E-state index in [0.717, 1.165) is 44.7 Å². The van der Waals surface area contributed by atoms with Crippen molar-refractivity contribution in [3.63, 3.8) is 0 Å². The zero-order chi connectivity index (χ0) is 29.7. The summed E-state index contributed by atoms with van der Waals surface area (Å²) in [4.78, 5) is 2.31. The van der Waals surface area contributed by atoms with Gasteiger partial charge in [0, 0.05) is 44.3 Å². The van der Waals surface area contributed by atoms with Crippen molar-refractivity contribution in [3.05, 3.63) is 170 Å². The topological polar surface area (TPSA) is 21.3 Å². The van der Waals surface area contributed by atoms with Gasteiger partial charge in [0.25, 0.3) is 0 Å². The van der Waals surface area contributed by atoms with Gasteiger partial charge in [-0.05, 0) is 83.9 Å².